The van der Waals surface area contributed by atoms with E-state index in [1.807, 2.05) is 0 Å². The van der Waals surface area contributed by atoms with Crippen molar-refractivity contribution in [2.45, 2.75) is 25.2 Å². The van der Waals surface area contributed by atoms with Gasteiger partial charge in [0.25, 0.3) is 0 Å². The molecule has 1 aromatic heterocycles. The fourth-order valence-electron chi connectivity index (χ4n) is 3.43. The molecular weight excluding hydrogens is 230 g/mol. The van der Waals surface area contributed by atoms with Crippen LogP contribution in [0.1, 0.15) is 35.6 Å². The SMILES string of the molecule is c1ccc(C2CCCc3c2[nH]c2ccccc32)cc1. The van der Waals surface area contributed by atoms with E-state index in [1.54, 1.807) is 0 Å². The molecule has 1 heterocycles. The lowest BCUT2D eigenvalue weighted by Gasteiger charge is -2.23. The number of aromatic nitrogens is 1. The molecule has 0 saturated carbocycles. The average Bonchev–Trinajstić information content (AvgIpc) is 2.87. The number of hydrogen-bond acceptors (Lipinski definition) is 0. The number of rotatable bonds is 1. The normalized spacial score (nSPS) is 18.4. The molecular formula is C18H17N. The van der Waals surface area contributed by atoms with Gasteiger partial charge in [0, 0.05) is 22.5 Å². The highest BCUT2D eigenvalue weighted by molar-refractivity contribution is 5.85. The number of aryl methyl sites for hydroxylation is 1. The molecule has 3 aromatic rings. The minimum Gasteiger partial charge on any atom is -0.358 e. The smallest absolute Gasteiger partial charge is 0.0459 e. The first-order chi connectivity index (χ1) is 9.43. The van der Waals surface area contributed by atoms with Crippen LogP contribution in [0.25, 0.3) is 10.9 Å². The fraction of sp³-hybridized carbons (Fsp3) is 0.222. The van der Waals surface area contributed by atoms with Crippen LogP contribution in [0, 0.1) is 0 Å². The second kappa shape index (κ2) is 4.27. The Morgan fingerprint density at radius 3 is 2.58 bits per heavy atom. The van der Waals surface area contributed by atoms with Crippen molar-refractivity contribution in [2.24, 2.45) is 0 Å². The quantitative estimate of drug-likeness (QED) is 0.645. The number of benzene rings is 2. The molecule has 1 N–H and O–H groups in total. The van der Waals surface area contributed by atoms with Crippen molar-refractivity contribution in [1.29, 1.82) is 0 Å². The van der Waals surface area contributed by atoms with E-state index in [-0.39, 0.29) is 0 Å². The van der Waals surface area contributed by atoms with Crippen LogP contribution in [-0.2, 0) is 6.42 Å². The summed E-state index contributed by atoms with van der Waals surface area (Å²) in [4.78, 5) is 3.66. The molecule has 0 aliphatic heterocycles. The molecule has 0 spiro atoms. The van der Waals surface area contributed by atoms with Crippen molar-refractivity contribution in [3.63, 3.8) is 0 Å². The lowest BCUT2D eigenvalue weighted by Crippen LogP contribution is -2.10. The lowest BCUT2D eigenvalue weighted by molar-refractivity contribution is 0.608. The largest absolute Gasteiger partial charge is 0.358 e. The molecule has 4 rings (SSSR count). The fourth-order valence-corrected chi connectivity index (χ4v) is 3.43. The summed E-state index contributed by atoms with van der Waals surface area (Å²) in [7, 11) is 0. The van der Waals surface area contributed by atoms with E-state index in [1.165, 1.54) is 47.0 Å². The zero-order valence-corrected chi connectivity index (χ0v) is 10.9. The number of H-pyrrole nitrogens is 1. The minimum absolute atomic E-state index is 0.539. The van der Waals surface area contributed by atoms with Gasteiger partial charge in [-0.1, -0.05) is 48.5 Å². The third kappa shape index (κ3) is 1.69. The second-order valence-electron chi connectivity index (χ2n) is 5.42. The predicted molar refractivity (Wildman–Crippen MR) is 79.5 cm³/mol. The monoisotopic (exact) mass is 247 g/mol. The highest BCUT2D eigenvalue weighted by Gasteiger charge is 2.24. The molecule has 1 heteroatoms. The number of nitrogens with one attached hydrogen (secondary N) is 1. The third-order valence-corrected chi connectivity index (χ3v) is 4.32. The standard InChI is InChI=1S/C18H17N/c1-2-7-13(8-3-1)14-10-6-11-16-15-9-4-5-12-17(15)19-18(14)16/h1-5,7-9,12,14,19H,6,10-11H2. The van der Waals surface area contributed by atoms with E-state index in [4.69, 9.17) is 0 Å². The number of fused-ring (bicyclic) bond motifs is 3. The summed E-state index contributed by atoms with van der Waals surface area (Å²) in [5.41, 5.74) is 5.71. The molecule has 0 saturated heterocycles. The van der Waals surface area contributed by atoms with E-state index in [0.29, 0.717) is 5.92 Å². The van der Waals surface area contributed by atoms with Crippen LogP contribution >= 0.6 is 0 Å². The Balaban J connectivity index is 1.91. The van der Waals surface area contributed by atoms with Crippen LogP contribution in [0.2, 0.25) is 0 Å². The Labute approximate surface area is 113 Å². The first-order valence-electron chi connectivity index (χ1n) is 7.08. The van der Waals surface area contributed by atoms with Gasteiger partial charge in [0.2, 0.25) is 0 Å². The maximum Gasteiger partial charge on any atom is 0.0459 e. The highest BCUT2D eigenvalue weighted by atomic mass is 14.7. The molecule has 1 unspecified atom stereocenters. The van der Waals surface area contributed by atoms with Crippen LogP contribution in [-0.4, -0.2) is 4.98 Å². The van der Waals surface area contributed by atoms with Crippen molar-refractivity contribution in [2.75, 3.05) is 0 Å². The van der Waals surface area contributed by atoms with Crippen LogP contribution in [0.3, 0.4) is 0 Å². The first-order valence-corrected chi connectivity index (χ1v) is 7.08. The van der Waals surface area contributed by atoms with Gasteiger partial charge in [-0.15, -0.1) is 0 Å². The van der Waals surface area contributed by atoms with E-state index < -0.39 is 0 Å². The average molecular weight is 247 g/mol. The van der Waals surface area contributed by atoms with Crippen LogP contribution < -0.4 is 0 Å². The van der Waals surface area contributed by atoms with Gasteiger partial charge in [-0.25, -0.2) is 0 Å². The van der Waals surface area contributed by atoms with Crippen LogP contribution in [0.15, 0.2) is 54.6 Å². The van der Waals surface area contributed by atoms with Crippen molar-refractivity contribution in [3.8, 4) is 0 Å². The summed E-state index contributed by atoms with van der Waals surface area (Å²) in [5, 5.41) is 1.41. The van der Waals surface area contributed by atoms with Gasteiger partial charge in [0.05, 0.1) is 0 Å². The molecule has 2 aromatic carbocycles. The molecule has 1 atom stereocenters. The molecule has 1 nitrogen and oxygen atoms in total. The van der Waals surface area contributed by atoms with Gasteiger partial charge < -0.3 is 4.98 Å². The summed E-state index contributed by atoms with van der Waals surface area (Å²) >= 11 is 0. The second-order valence-corrected chi connectivity index (χ2v) is 5.42. The molecule has 0 fully saturated rings. The lowest BCUT2D eigenvalue weighted by atomic mass is 9.82. The molecule has 1 aliphatic carbocycles. The van der Waals surface area contributed by atoms with Crippen molar-refractivity contribution in [1.82, 2.24) is 4.98 Å². The number of hydrogen-bond donors (Lipinski definition) is 1. The van der Waals surface area contributed by atoms with Gasteiger partial charge in [-0.3, -0.25) is 0 Å². The van der Waals surface area contributed by atoms with E-state index in [2.05, 4.69) is 59.6 Å². The summed E-state index contributed by atoms with van der Waals surface area (Å²) in [6.45, 7) is 0. The molecule has 1 aliphatic rings. The van der Waals surface area contributed by atoms with Gasteiger partial charge in [0.15, 0.2) is 0 Å². The van der Waals surface area contributed by atoms with Crippen LogP contribution in [0.5, 0.6) is 0 Å². The molecule has 0 radical (unpaired) electrons. The van der Waals surface area contributed by atoms with Gasteiger partial charge in [-0.05, 0) is 36.5 Å². The zero-order chi connectivity index (χ0) is 12.7. The molecule has 0 amide bonds. The number of aromatic amines is 1. The Kier molecular flexibility index (Phi) is 2.44. The van der Waals surface area contributed by atoms with Gasteiger partial charge in [0.1, 0.15) is 0 Å². The Morgan fingerprint density at radius 1 is 0.895 bits per heavy atom. The summed E-state index contributed by atoms with van der Waals surface area (Å²) in [6, 6.07) is 19.6. The predicted octanol–water partition coefficient (Wildman–Crippen LogP) is 4.64. The summed E-state index contributed by atoms with van der Waals surface area (Å²) in [5.74, 6) is 0.539. The summed E-state index contributed by atoms with van der Waals surface area (Å²) in [6.07, 6.45) is 3.75. The van der Waals surface area contributed by atoms with E-state index in [0.717, 1.165) is 0 Å². The van der Waals surface area contributed by atoms with Gasteiger partial charge in [-0.2, -0.15) is 0 Å². The number of para-hydroxylation sites is 1. The van der Waals surface area contributed by atoms with Crippen molar-refractivity contribution >= 4 is 10.9 Å². The summed E-state index contributed by atoms with van der Waals surface area (Å²) < 4.78 is 0. The zero-order valence-electron chi connectivity index (χ0n) is 10.9. The van der Waals surface area contributed by atoms with Gasteiger partial charge >= 0.3 is 0 Å². The Bertz CT molecular complexity index is 709. The van der Waals surface area contributed by atoms with E-state index in [9.17, 15) is 0 Å². The molecule has 19 heavy (non-hydrogen) atoms. The van der Waals surface area contributed by atoms with Crippen LogP contribution in [0.4, 0.5) is 0 Å². The maximum absolute atomic E-state index is 3.66. The topological polar surface area (TPSA) is 15.8 Å². The minimum atomic E-state index is 0.539. The highest BCUT2D eigenvalue weighted by Crippen LogP contribution is 2.39. The van der Waals surface area contributed by atoms with Crippen molar-refractivity contribution < 1.29 is 0 Å². The van der Waals surface area contributed by atoms with E-state index >= 15 is 0 Å². The third-order valence-electron chi connectivity index (χ3n) is 4.32. The Hall–Kier alpha value is -2.02. The van der Waals surface area contributed by atoms with Crippen molar-refractivity contribution in [3.05, 3.63) is 71.4 Å². The Morgan fingerprint density at radius 2 is 1.68 bits per heavy atom. The first kappa shape index (κ1) is 10.9. The maximum atomic E-state index is 3.66. The molecule has 0 bridgehead atoms. The molecule has 94 valence electrons.